The summed E-state index contributed by atoms with van der Waals surface area (Å²) in [5, 5.41) is 2.76. The molecule has 2 aliphatic rings. The van der Waals surface area contributed by atoms with Crippen molar-refractivity contribution < 1.29 is 14.0 Å². The van der Waals surface area contributed by atoms with E-state index >= 15 is 0 Å². The average molecular weight is 478 g/mol. The van der Waals surface area contributed by atoms with Gasteiger partial charge in [0.05, 0.1) is 18.7 Å². The fourth-order valence-corrected chi connectivity index (χ4v) is 4.00. The highest BCUT2D eigenvalue weighted by atomic mass is 127. The molecule has 6 heteroatoms. The maximum absolute atomic E-state index is 12.7. The third-order valence-corrected chi connectivity index (χ3v) is 6.25. The number of hydrogen-bond acceptors (Lipinski definition) is 3. The Kier molecular flexibility index (Phi) is 5.25. The minimum absolute atomic E-state index is 0.00747. The Labute approximate surface area is 172 Å². The first kappa shape index (κ1) is 18.5. The molecule has 0 aliphatic heterocycles. The van der Waals surface area contributed by atoms with Crippen molar-refractivity contribution in [1.29, 1.82) is 0 Å². The summed E-state index contributed by atoms with van der Waals surface area (Å²) in [6.07, 6.45) is 3.22. The lowest BCUT2D eigenvalue weighted by Crippen LogP contribution is -2.41. The van der Waals surface area contributed by atoms with E-state index in [1.165, 1.54) is 6.42 Å². The van der Waals surface area contributed by atoms with Gasteiger partial charge in [0.1, 0.15) is 11.5 Å². The molecule has 2 aliphatic carbocycles. The van der Waals surface area contributed by atoms with Crippen molar-refractivity contribution in [3.05, 3.63) is 57.1 Å². The molecular formula is C21H23IN2O3. The normalized spacial score (nSPS) is 21.0. The Morgan fingerprint density at radius 3 is 2.63 bits per heavy atom. The van der Waals surface area contributed by atoms with Gasteiger partial charge in [-0.25, -0.2) is 0 Å². The fraction of sp³-hybridized carbons (Fsp3) is 0.429. The van der Waals surface area contributed by atoms with Crippen LogP contribution in [0, 0.1) is 9.49 Å². The highest BCUT2D eigenvalue weighted by Gasteiger charge is 2.37. The SMILES string of the molecule is CC1CC1c1ccc(CN(C(=O)CNC(=O)c2ccccc2I)C2CC2)o1. The van der Waals surface area contributed by atoms with Crippen LogP contribution in [0.1, 0.15) is 54.0 Å². The highest BCUT2D eigenvalue weighted by molar-refractivity contribution is 14.1. The molecule has 1 heterocycles. The van der Waals surface area contributed by atoms with Crippen LogP contribution in [0.25, 0.3) is 0 Å². The molecule has 0 spiro atoms. The highest BCUT2D eigenvalue weighted by Crippen LogP contribution is 2.47. The molecule has 4 rings (SSSR count). The second-order valence-corrected chi connectivity index (χ2v) is 8.70. The van der Waals surface area contributed by atoms with Gasteiger partial charge in [0, 0.05) is 15.5 Å². The van der Waals surface area contributed by atoms with E-state index < -0.39 is 0 Å². The van der Waals surface area contributed by atoms with E-state index in [0.29, 0.717) is 23.9 Å². The fourth-order valence-electron chi connectivity index (χ4n) is 3.37. The average Bonchev–Trinajstić information content (AvgIpc) is 3.58. The van der Waals surface area contributed by atoms with E-state index in [9.17, 15) is 9.59 Å². The minimum Gasteiger partial charge on any atom is -0.464 e. The first-order chi connectivity index (χ1) is 13.0. The molecule has 0 saturated heterocycles. The van der Waals surface area contributed by atoms with Gasteiger partial charge in [0.2, 0.25) is 5.91 Å². The van der Waals surface area contributed by atoms with Crippen molar-refractivity contribution in [3.63, 3.8) is 0 Å². The molecule has 142 valence electrons. The van der Waals surface area contributed by atoms with Crippen LogP contribution in [-0.2, 0) is 11.3 Å². The van der Waals surface area contributed by atoms with E-state index in [1.807, 2.05) is 35.2 Å². The van der Waals surface area contributed by atoms with E-state index in [-0.39, 0.29) is 24.4 Å². The van der Waals surface area contributed by atoms with Crippen molar-refractivity contribution in [2.45, 2.75) is 44.7 Å². The summed E-state index contributed by atoms with van der Waals surface area (Å²) >= 11 is 2.13. The number of carbonyl (C=O) groups is 2. The molecule has 2 saturated carbocycles. The number of nitrogens with zero attached hydrogens (tertiary/aromatic N) is 1. The van der Waals surface area contributed by atoms with Crippen LogP contribution in [-0.4, -0.2) is 29.3 Å². The van der Waals surface area contributed by atoms with Gasteiger partial charge >= 0.3 is 0 Å². The van der Waals surface area contributed by atoms with Crippen molar-refractivity contribution in [1.82, 2.24) is 10.2 Å². The lowest BCUT2D eigenvalue weighted by atomic mass is 10.2. The summed E-state index contributed by atoms with van der Waals surface area (Å²) in [5.41, 5.74) is 0.595. The number of rotatable bonds is 7. The second-order valence-electron chi connectivity index (χ2n) is 7.54. The van der Waals surface area contributed by atoms with Crippen LogP contribution in [0.3, 0.4) is 0 Å². The Morgan fingerprint density at radius 2 is 1.96 bits per heavy atom. The third kappa shape index (κ3) is 4.36. The number of amides is 2. The summed E-state index contributed by atoms with van der Waals surface area (Å²) in [4.78, 5) is 26.9. The van der Waals surface area contributed by atoms with Gasteiger partial charge in [-0.2, -0.15) is 0 Å². The molecule has 27 heavy (non-hydrogen) atoms. The largest absolute Gasteiger partial charge is 0.464 e. The predicted molar refractivity (Wildman–Crippen MR) is 110 cm³/mol. The van der Waals surface area contributed by atoms with Gasteiger partial charge in [-0.3, -0.25) is 9.59 Å². The monoisotopic (exact) mass is 478 g/mol. The molecular weight excluding hydrogens is 455 g/mol. The molecule has 1 N–H and O–H groups in total. The van der Waals surface area contributed by atoms with Crippen molar-refractivity contribution in [3.8, 4) is 0 Å². The number of nitrogens with one attached hydrogen (secondary N) is 1. The molecule has 2 aromatic rings. The summed E-state index contributed by atoms with van der Waals surface area (Å²) in [7, 11) is 0. The molecule has 0 bridgehead atoms. The summed E-state index contributed by atoms with van der Waals surface area (Å²) in [6.45, 7) is 2.71. The standard InChI is InChI=1S/C21H23IN2O3/c1-13-10-17(13)19-9-8-15(27-19)12-24(14-6-7-14)20(25)11-23-21(26)16-4-2-3-5-18(16)22/h2-5,8-9,13-14,17H,6-7,10-12H2,1H3,(H,23,26). The van der Waals surface area contributed by atoms with E-state index in [2.05, 4.69) is 34.8 Å². The van der Waals surface area contributed by atoms with Crippen LogP contribution in [0.5, 0.6) is 0 Å². The maximum atomic E-state index is 12.7. The van der Waals surface area contributed by atoms with Gasteiger partial charge in [-0.05, 0) is 72.0 Å². The molecule has 2 atom stereocenters. The van der Waals surface area contributed by atoms with Crippen LogP contribution in [0.4, 0.5) is 0 Å². The van der Waals surface area contributed by atoms with Crippen molar-refractivity contribution in [2.75, 3.05) is 6.54 Å². The summed E-state index contributed by atoms with van der Waals surface area (Å²) in [5.74, 6) is 2.82. The third-order valence-electron chi connectivity index (χ3n) is 5.31. The van der Waals surface area contributed by atoms with Gasteiger partial charge in [-0.1, -0.05) is 19.1 Å². The van der Waals surface area contributed by atoms with Crippen LogP contribution in [0.2, 0.25) is 0 Å². The first-order valence-corrected chi connectivity index (χ1v) is 10.5. The first-order valence-electron chi connectivity index (χ1n) is 9.43. The number of carbonyl (C=O) groups excluding carboxylic acids is 2. The zero-order valence-corrected chi connectivity index (χ0v) is 17.4. The Bertz CT molecular complexity index is 859. The maximum Gasteiger partial charge on any atom is 0.252 e. The Balaban J connectivity index is 1.36. The number of furan rings is 1. The molecule has 5 nitrogen and oxygen atoms in total. The van der Waals surface area contributed by atoms with Crippen LogP contribution in [0.15, 0.2) is 40.8 Å². The number of hydrogen-bond donors (Lipinski definition) is 1. The van der Waals surface area contributed by atoms with E-state index in [1.54, 1.807) is 6.07 Å². The summed E-state index contributed by atoms with van der Waals surface area (Å²) in [6, 6.07) is 11.6. The van der Waals surface area contributed by atoms with Crippen molar-refractivity contribution >= 4 is 34.4 Å². The van der Waals surface area contributed by atoms with Crippen LogP contribution < -0.4 is 5.32 Å². The molecule has 2 unspecified atom stereocenters. The molecule has 0 radical (unpaired) electrons. The van der Waals surface area contributed by atoms with Crippen LogP contribution >= 0.6 is 22.6 Å². The lowest BCUT2D eigenvalue weighted by Gasteiger charge is -2.21. The zero-order chi connectivity index (χ0) is 19.0. The molecule has 2 fully saturated rings. The Morgan fingerprint density at radius 1 is 1.22 bits per heavy atom. The summed E-state index contributed by atoms with van der Waals surface area (Å²) < 4.78 is 6.84. The van der Waals surface area contributed by atoms with E-state index in [0.717, 1.165) is 27.9 Å². The molecule has 1 aromatic heterocycles. The number of benzene rings is 1. The zero-order valence-electron chi connectivity index (χ0n) is 15.3. The van der Waals surface area contributed by atoms with Gasteiger partial charge in [0.25, 0.3) is 5.91 Å². The van der Waals surface area contributed by atoms with Gasteiger partial charge in [-0.15, -0.1) is 0 Å². The van der Waals surface area contributed by atoms with Gasteiger partial charge in [0.15, 0.2) is 0 Å². The molecule has 1 aromatic carbocycles. The molecule has 2 amide bonds. The topological polar surface area (TPSA) is 62.6 Å². The minimum atomic E-state index is -0.216. The Hall–Kier alpha value is -1.83. The smallest absolute Gasteiger partial charge is 0.252 e. The van der Waals surface area contributed by atoms with E-state index in [4.69, 9.17) is 4.42 Å². The predicted octanol–water partition coefficient (Wildman–Crippen LogP) is 3.93. The van der Waals surface area contributed by atoms with Gasteiger partial charge < -0.3 is 14.6 Å². The number of halogens is 1. The van der Waals surface area contributed by atoms with Crippen molar-refractivity contribution in [2.24, 2.45) is 5.92 Å². The lowest BCUT2D eigenvalue weighted by molar-refractivity contribution is -0.131. The second kappa shape index (κ2) is 7.66. The quantitative estimate of drug-likeness (QED) is 0.614.